The Labute approximate surface area is 106 Å². The second-order valence-electron chi connectivity index (χ2n) is 4.17. The second kappa shape index (κ2) is 5.51. The van der Waals surface area contributed by atoms with Gasteiger partial charge in [-0.1, -0.05) is 41.6 Å². The predicted octanol–water partition coefficient (Wildman–Crippen LogP) is 2.73. The van der Waals surface area contributed by atoms with E-state index in [1.165, 1.54) is 0 Å². The van der Waals surface area contributed by atoms with Gasteiger partial charge in [-0.15, -0.1) is 5.48 Å². The lowest BCUT2D eigenvalue weighted by Gasteiger charge is -1.99. The van der Waals surface area contributed by atoms with E-state index in [1.807, 2.05) is 50.3 Å². The molecule has 1 unspecified atom stereocenters. The van der Waals surface area contributed by atoms with Crippen molar-refractivity contribution in [3.8, 4) is 0 Å². The van der Waals surface area contributed by atoms with Crippen LogP contribution in [0.4, 0.5) is 0 Å². The lowest BCUT2D eigenvalue weighted by atomic mass is 10.1. The first kappa shape index (κ1) is 12.4. The van der Waals surface area contributed by atoms with Crippen LogP contribution in [0.25, 0.3) is 5.57 Å². The third-order valence-corrected chi connectivity index (χ3v) is 2.83. The highest BCUT2D eigenvalue weighted by molar-refractivity contribution is 6.03. The van der Waals surface area contributed by atoms with Crippen LogP contribution in [0.15, 0.2) is 53.4 Å². The third-order valence-electron chi connectivity index (χ3n) is 2.83. The molecule has 2 N–H and O–H groups in total. The molecule has 0 bridgehead atoms. The second-order valence-corrected chi connectivity index (χ2v) is 4.17. The van der Waals surface area contributed by atoms with Crippen LogP contribution in [0.2, 0.25) is 0 Å². The highest BCUT2D eigenvalue weighted by Crippen LogP contribution is 2.16. The maximum Gasteiger partial charge on any atom is 0.173 e. The molecule has 1 fully saturated rings. The Kier molecular flexibility index (Phi) is 3.79. The molecular formula is C14H16N2O2. The number of oxime groups is 1. The van der Waals surface area contributed by atoms with E-state index in [-0.39, 0.29) is 6.04 Å². The van der Waals surface area contributed by atoms with E-state index >= 15 is 0 Å². The van der Waals surface area contributed by atoms with Crippen molar-refractivity contribution in [2.24, 2.45) is 5.16 Å². The fourth-order valence-electron chi connectivity index (χ4n) is 1.73. The molecule has 0 aliphatic carbocycles. The monoisotopic (exact) mass is 244 g/mol. The zero-order chi connectivity index (χ0) is 13.0. The molecular weight excluding hydrogens is 228 g/mol. The van der Waals surface area contributed by atoms with Crippen LogP contribution in [-0.2, 0) is 4.84 Å². The van der Waals surface area contributed by atoms with Crippen molar-refractivity contribution in [2.45, 2.75) is 19.9 Å². The zero-order valence-electron chi connectivity index (χ0n) is 10.4. The van der Waals surface area contributed by atoms with Gasteiger partial charge in [0.25, 0.3) is 0 Å². The smallest absolute Gasteiger partial charge is 0.173 e. The molecule has 4 nitrogen and oxygen atoms in total. The van der Waals surface area contributed by atoms with Gasteiger partial charge >= 0.3 is 0 Å². The molecule has 1 aromatic carbocycles. The molecule has 1 aromatic rings. The van der Waals surface area contributed by atoms with Crippen molar-refractivity contribution in [3.63, 3.8) is 0 Å². The maximum absolute atomic E-state index is 8.90. The molecule has 2 rings (SSSR count). The molecule has 1 aliphatic heterocycles. The number of benzene rings is 1. The number of hydrogen-bond acceptors (Lipinski definition) is 4. The Morgan fingerprint density at radius 1 is 1.39 bits per heavy atom. The highest BCUT2D eigenvalue weighted by atomic mass is 16.7. The van der Waals surface area contributed by atoms with E-state index in [0.29, 0.717) is 11.5 Å². The van der Waals surface area contributed by atoms with E-state index in [1.54, 1.807) is 6.08 Å². The van der Waals surface area contributed by atoms with Crippen molar-refractivity contribution in [1.29, 1.82) is 0 Å². The zero-order valence-corrected chi connectivity index (χ0v) is 10.4. The van der Waals surface area contributed by atoms with Crippen LogP contribution >= 0.6 is 0 Å². The van der Waals surface area contributed by atoms with E-state index in [0.717, 1.165) is 11.1 Å². The van der Waals surface area contributed by atoms with E-state index in [4.69, 9.17) is 10.0 Å². The number of hydrogen-bond donors (Lipinski definition) is 2. The van der Waals surface area contributed by atoms with Gasteiger partial charge in [0, 0.05) is 0 Å². The summed E-state index contributed by atoms with van der Waals surface area (Å²) in [5.74, 6) is 0.542. The fraction of sp³-hybridized carbons (Fsp3) is 0.214. The number of nitrogens with zero attached hydrogens (tertiary/aromatic N) is 1. The lowest BCUT2D eigenvalue weighted by Crippen LogP contribution is -2.21. The molecule has 0 aromatic heterocycles. The third kappa shape index (κ3) is 2.60. The maximum atomic E-state index is 8.90. The van der Waals surface area contributed by atoms with Crippen LogP contribution in [0.1, 0.15) is 19.4 Å². The summed E-state index contributed by atoms with van der Waals surface area (Å²) in [5, 5.41) is 12.1. The molecule has 1 heterocycles. The van der Waals surface area contributed by atoms with Crippen molar-refractivity contribution >= 4 is 11.3 Å². The molecule has 1 atom stereocenters. The molecule has 0 spiro atoms. The van der Waals surface area contributed by atoms with Crippen LogP contribution < -0.4 is 5.48 Å². The minimum absolute atomic E-state index is 0.105. The molecule has 0 amide bonds. The molecule has 94 valence electrons. The summed E-state index contributed by atoms with van der Waals surface area (Å²) in [6.45, 7) is 3.89. The topological polar surface area (TPSA) is 53.8 Å². The first-order chi connectivity index (χ1) is 8.72. The van der Waals surface area contributed by atoms with Gasteiger partial charge in [-0.3, -0.25) is 0 Å². The fourth-order valence-corrected chi connectivity index (χ4v) is 1.73. The lowest BCUT2D eigenvalue weighted by molar-refractivity contribution is 0.139. The summed E-state index contributed by atoms with van der Waals surface area (Å²) >= 11 is 0. The molecule has 1 saturated heterocycles. The van der Waals surface area contributed by atoms with Crippen LogP contribution in [-0.4, -0.2) is 17.0 Å². The SMILES string of the molecule is C\C(=C/C=C1/ONC(C)/C1=N\O)c1ccccc1. The summed E-state index contributed by atoms with van der Waals surface area (Å²) in [7, 11) is 0. The Hall–Kier alpha value is -2.07. The Balaban J connectivity index is 2.20. The number of rotatable bonds is 2. The minimum Gasteiger partial charge on any atom is -0.410 e. The van der Waals surface area contributed by atoms with Gasteiger partial charge in [-0.25, -0.2) is 0 Å². The van der Waals surface area contributed by atoms with Crippen molar-refractivity contribution in [2.75, 3.05) is 0 Å². The molecule has 1 aliphatic rings. The minimum atomic E-state index is -0.105. The van der Waals surface area contributed by atoms with Gasteiger partial charge in [0.2, 0.25) is 0 Å². The predicted molar refractivity (Wildman–Crippen MR) is 71.1 cm³/mol. The Morgan fingerprint density at radius 3 is 2.78 bits per heavy atom. The Morgan fingerprint density at radius 2 is 2.11 bits per heavy atom. The number of hydroxylamine groups is 1. The van der Waals surface area contributed by atoms with Crippen molar-refractivity contribution in [3.05, 3.63) is 53.8 Å². The molecule has 18 heavy (non-hydrogen) atoms. The van der Waals surface area contributed by atoms with Gasteiger partial charge in [0.1, 0.15) is 5.71 Å². The first-order valence-electron chi connectivity index (χ1n) is 5.81. The van der Waals surface area contributed by atoms with Crippen LogP contribution in [0, 0.1) is 0 Å². The average Bonchev–Trinajstić information content (AvgIpc) is 2.77. The summed E-state index contributed by atoms with van der Waals surface area (Å²) in [6.07, 6.45) is 3.74. The van der Waals surface area contributed by atoms with Crippen LogP contribution in [0.3, 0.4) is 0 Å². The van der Waals surface area contributed by atoms with E-state index in [9.17, 15) is 0 Å². The van der Waals surface area contributed by atoms with Gasteiger partial charge < -0.3 is 10.0 Å². The quantitative estimate of drug-likeness (QED) is 0.621. The first-order valence-corrected chi connectivity index (χ1v) is 5.81. The summed E-state index contributed by atoms with van der Waals surface area (Å²) < 4.78 is 0. The average molecular weight is 244 g/mol. The van der Waals surface area contributed by atoms with Gasteiger partial charge in [-0.05, 0) is 31.1 Å². The molecule has 4 heteroatoms. The van der Waals surface area contributed by atoms with Crippen molar-refractivity contribution in [1.82, 2.24) is 5.48 Å². The van der Waals surface area contributed by atoms with Gasteiger partial charge in [-0.2, -0.15) is 0 Å². The summed E-state index contributed by atoms with van der Waals surface area (Å²) in [6, 6.07) is 9.96. The number of nitrogens with one attached hydrogen (secondary N) is 1. The largest absolute Gasteiger partial charge is 0.410 e. The summed E-state index contributed by atoms with van der Waals surface area (Å²) in [5.41, 5.74) is 5.52. The Bertz CT molecular complexity index is 504. The molecule has 0 radical (unpaired) electrons. The van der Waals surface area contributed by atoms with Gasteiger partial charge in [0.15, 0.2) is 5.76 Å². The van der Waals surface area contributed by atoms with E-state index in [2.05, 4.69) is 10.6 Å². The normalized spacial score (nSPS) is 24.6. The van der Waals surface area contributed by atoms with Crippen molar-refractivity contribution < 1.29 is 10.0 Å². The summed E-state index contributed by atoms with van der Waals surface area (Å²) in [4.78, 5) is 5.23. The highest BCUT2D eigenvalue weighted by Gasteiger charge is 2.25. The van der Waals surface area contributed by atoms with E-state index < -0.39 is 0 Å². The molecule has 0 saturated carbocycles. The van der Waals surface area contributed by atoms with Crippen LogP contribution in [0.5, 0.6) is 0 Å². The number of allylic oxidation sites excluding steroid dienone is 3. The standard InChI is InChI=1S/C14H16N2O2/c1-10(12-6-4-3-5-7-12)8-9-13-14(15-17)11(2)16-18-13/h3-9,11,16-17H,1-2H3/b10-8+,13-9+,15-14+. The van der Waals surface area contributed by atoms with Gasteiger partial charge in [0.05, 0.1) is 6.04 Å².